The van der Waals surface area contributed by atoms with Crippen LogP contribution in [-0.2, 0) is 20.8 Å². The summed E-state index contributed by atoms with van der Waals surface area (Å²) in [5, 5.41) is 10.9. The van der Waals surface area contributed by atoms with Crippen molar-refractivity contribution in [1.82, 2.24) is 5.32 Å². The highest BCUT2D eigenvalue weighted by atomic mass is 19.3. The summed E-state index contributed by atoms with van der Waals surface area (Å²) in [7, 11) is 0. The highest BCUT2D eigenvalue weighted by molar-refractivity contribution is 5.97. The van der Waals surface area contributed by atoms with Crippen LogP contribution >= 0.6 is 0 Å². The lowest BCUT2D eigenvalue weighted by atomic mass is 10.0. The first-order valence-electron chi connectivity index (χ1n) is 7.57. The number of fused-ring (bicyclic) bond motifs is 1. The molecule has 1 unspecified atom stereocenters. The van der Waals surface area contributed by atoms with Gasteiger partial charge in [-0.2, -0.15) is 0 Å². The van der Waals surface area contributed by atoms with Crippen LogP contribution in [0, 0.1) is 0 Å². The van der Waals surface area contributed by atoms with Crippen molar-refractivity contribution < 1.29 is 28.3 Å². The summed E-state index contributed by atoms with van der Waals surface area (Å²) in [6, 6.07) is 5.69. The quantitative estimate of drug-likeness (QED) is 0.789. The molecule has 0 spiro atoms. The van der Waals surface area contributed by atoms with Gasteiger partial charge in [0.1, 0.15) is 6.04 Å². The van der Waals surface area contributed by atoms with Crippen LogP contribution in [0.3, 0.4) is 0 Å². The van der Waals surface area contributed by atoms with Crippen molar-refractivity contribution in [3.63, 3.8) is 0 Å². The van der Waals surface area contributed by atoms with Gasteiger partial charge in [0.15, 0.2) is 0 Å². The number of aliphatic carboxylic acids is 1. The first kappa shape index (κ1) is 17.8. The molecule has 2 rings (SSSR count). The number of carboxylic acid groups (broad SMARTS) is 1. The van der Waals surface area contributed by atoms with Crippen molar-refractivity contribution in [3.05, 3.63) is 29.8 Å². The van der Waals surface area contributed by atoms with Crippen LogP contribution in [0.15, 0.2) is 24.3 Å². The van der Waals surface area contributed by atoms with Crippen molar-refractivity contribution in [3.8, 4) is 0 Å². The Morgan fingerprint density at radius 2 is 1.96 bits per heavy atom. The van der Waals surface area contributed by atoms with E-state index in [-0.39, 0.29) is 18.9 Å². The van der Waals surface area contributed by atoms with Crippen molar-refractivity contribution in [2.45, 2.75) is 38.2 Å². The molecule has 0 aliphatic carbocycles. The molecule has 1 aliphatic heterocycles. The van der Waals surface area contributed by atoms with Gasteiger partial charge in [-0.25, -0.2) is 13.6 Å². The number of carboxylic acids is 1. The monoisotopic (exact) mass is 340 g/mol. The second-order valence-corrected chi connectivity index (χ2v) is 5.51. The molecule has 130 valence electrons. The topological polar surface area (TPSA) is 86.7 Å². The number of carbonyl (C=O) groups is 3. The Morgan fingerprint density at radius 3 is 2.62 bits per heavy atom. The molecule has 2 N–H and O–H groups in total. The third-order valence-electron chi connectivity index (χ3n) is 3.80. The van der Waals surface area contributed by atoms with Gasteiger partial charge in [-0.15, -0.1) is 0 Å². The van der Waals surface area contributed by atoms with Gasteiger partial charge in [-0.3, -0.25) is 9.59 Å². The molecule has 1 heterocycles. The second-order valence-electron chi connectivity index (χ2n) is 5.51. The lowest BCUT2D eigenvalue weighted by molar-refractivity contribution is -0.143. The van der Waals surface area contributed by atoms with Crippen molar-refractivity contribution >= 4 is 23.5 Å². The molecule has 1 atom stereocenters. The van der Waals surface area contributed by atoms with Gasteiger partial charge in [0, 0.05) is 31.5 Å². The first-order chi connectivity index (χ1) is 11.4. The molecule has 0 saturated carbocycles. The zero-order valence-corrected chi connectivity index (χ0v) is 12.9. The molecule has 1 aliphatic rings. The molecular weight excluding hydrogens is 322 g/mol. The fourth-order valence-corrected chi connectivity index (χ4v) is 2.62. The maximum absolute atomic E-state index is 12.3. The van der Waals surface area contributed by atoms with Crippen LogP contribution in [-0.4, -0.2) is 41.9 Å². The maximum Gasteiger partial charge on any atom is 0.326 e. The number of nitrogens with one attached hydrogen (secondary N) is 1. The van der Waals surface area contributed by atoms with Gasteiger partial charge >= 0.3 is 5.97 Å². The number of nitrogens with zero attached hydrogens (tertiary/aromatic N) is 1. The number of carbonyl (C=O) groups excluding carboxylic acids is 2. The molecular formula is C16H18F2N2O4. The lowest BCUT2D eigenvalue weighted by Crippen LogP contribution is -2.44. The second kappa shape index (κ2) is 7.85. The van der Waals surface area contributed by atoms with Crippen molar-refractivity contribution in [1.29, 1.82) is 0 Å². The molecule has 0 radical (unpaired) electrons. The highest BCUT2D eigenvalue weighted by Crippen LogP contribution is 2.27. The Labute approximate surface area is 137 Å². The molecule has 24 heavy (non-hydrogen) atoms. The summed E-state index contributed by atoms with van der Waals surface area (Å²) in [4.78, 5) is 36.2. The molecule has 1 aromatic rings. The molecule has 1 aromatic carbocycles. The Hall–Kier alpha value is -2.51. The molecule has 2 amide bonds. The van der Waals surface area contributed by atoms with Gasteiger partial charge in [0.2, 0.25) is 18.2 Å². The van der Waals surface area contributed by atoms with E-state index in [0.717, 1.165) is 11.3 Å². The molecule has 0 saturated heterocycles. The van der Waals surface area contributed by atoms with Gasteiger partial charge in [0.05, 0.1) is 0 Å². The number of anilines is 1. The number of hydrogen-bond acceptors (Lipinski definition) is 3. The van der Waals surface area contributed by atoms with Gasteiger partial charge < -0.3 is 15.3 Å². The predicted molar refractivity (Wildman–Crippen MR) is 81.9 cm³/mol. The third-order valence-corrected chi connectivity index (χ3v) is 3.80. The Kier molecular flexibility index (Phi) is 5.83. The average Bonchev–Trinajstić information content (AvgIpc) is 2.52. The molecule has 0 aromatic heterocycles. The predicted octanol–water partition coefficient (Wildman–Crippen LogP) is 1.58. The smallest absolute Gasteiger partial charge is 0.326 e. The van der Waals surface area contributed by atoms with Crippen LogP contribution < -0.4 is 10.2 Å². The number of hydrogen-bond donors (Lipinski definition) is 2. The molecule has 0 bridgehead atoms. The minimum atomic E-state index is -2.83. The average molecular weight is 340 g/mol. The fourth-order valence-electron chi connectivity index (χ4n) is 2.62. The third kappa shape index (κ3) is 4.50. The first-order valence-corrected chi connectivity index (χ1v) is 7.57. The number of rotatable bonds is 7. The SMILES string of the molecule is O=C(CCN1C(=O)CCc2ccccc21)NC(CC(F)F)C(=O)O. The van der Waals surface area contributed by atoms with E-state index in [2.05, 4.69) is 5.32 Å². The fraction of sp³-hybridized carbons (Fsp3) is 0.438. The van der Waals surface area contributed by atoms with Crippen LogP contribution in [0.4, 0.5) is 14.5 Å². The summed E-state index contributed by atoms with van der Waals surface area (Å²) in [6.07, 6.45) is -2.98. The summed E-state index contributed by atoms with van der Waals surface area (Å²) in [5.41, 5.74) is 1.72. The maximum atomic E-state index is 12.3. The molecule has 6 nitrogen and oxygen atoms in total. The number of amides is 2. The standard InChI is InChI=1S/C16H18F2N2O4/c17-13(18)9-11(16(23)24)19-14(21)7-8-20-12-4-2-1-3-10(12)5-6-15(20)22/h1-4,11,13H,5-9H2,(H,19,21)(H,23,24). The number of para-hydroxylation sites is 1. The van der Waals surface area contributed by atoms with E-state index in [0.29, 0.717) is 12.8 Å². The zero-order valence-electron chi connectivity index (χ0n) is 12.9. The van der Waals surface area contributed by atoms with E-state index in [1.807, 2.05) is 12.1 Å². The number of benzene rings is 1. The zero-order chi connectivity index (χ0) is 17.7. The van der Waals surface area contributed by atoms with Crippen LogP contribution in [0.2, 0.25) is 0 Å². The molecule has 8 heteroatoms. The van der Waals surface area contributed by atoms with E-state index in [9.17, 15) is 23.2 Å². The van der Waals surface area contributed by atoms with E-state index < -0.39 is 30.8 Å². The lowest BCUT2D eigenvalue weighted by Gasteiger charge is -2.29. The van der Waals surface area contributed by atoms with Gasteiger partial charge in [-0.1, -0.05) is 18.2 Å². The number of alkyl halides is 2. The number of halogens is 2. The Balaban J connectivity index is 1.96. The summed E-state index contributed by atoms with van der Waals surface area (Å²) in [5.74, 6) is -2.31. The highest BCUT2D eigenvalue weighted by Gasteiger charge is 2.26. The van der Waals surface area contributed by atoms with E-state index >= 15 is 0 Å². The summed E-state index contributed by atoms with van der Waals surface area (Å²) >= 11 is 0. The Morgan fingerprint density at radius 1 is 1.25 bits per heavy atom. The van der Waals surface area contributed by atoms with Gasteiger partial charge in [0.25, 0.3) is 0 Å². The van der Waals surface area contributed by atoms with Crippen LogP contribution in [0.1, 0.15) is 24.8 Å². The van der Waals surface area contributed by atoms with Gasteiger partial charge in [-0.05, 0) is 18.1 Å². The summed E-state index contributed by atoms with van der Waals surface area (Å²) in [6.45, 7) is 0.0721. The van der Waals surface area contributed by atoms with E-state index in [1.54, 1.807) is 12.1 Å². The van der Waals surface area contributed by atoms with Crippen LogP contribution in [0.5, 0.6) is 0 Å². The largest absolute Gasteiger partial charge is 0.480 e. The molecule has 0 fully saturated rings. The minimum absolute atomic E-state index is 0.0721. The van der Waals surface area contributed by atoms with Crippen molar-refractivity contribution in [2.24, 2.45) is 0 Å². The minimum Gasteiger partial charge on any atom is -0.480 e. The van der Waals surface area contributed by atoms with Crippen LogP contribution in [0.25, 0.3) is 0 Å². The van der Waals surface area contributed by atoms with Crippen molar-refractivity contribution in [2.75, 3.05) is 11.4 Å². The normalized spacial score (nSPS) is 15.1. The summed E-state index contributed by atoms with van der Waals surface area (Å²) < 4.78 is 24.6. The Bertz CT molecular complexity index is 636. The number of aryl methyl sites for hydroxylation is 1. The van der Waals surface area contributed by atoms with E-state index in [1.165, 1.54) is 4.90 Å². The van der Waals surface area contributed by atoms with E-state index in [4.69, 9.17) is 5.11 Å².